The SMILES string of the molecule is CCCCCN1C(=O)[C@@H](CC2(O)CCCCC2)NC(=O)C12CCN(Cc1ccc(C(=O)NCc3ccc(C(=O)O)cc3)cc1)CC2.Cl. The van der Waals surface area contributed by atoms with Gasteiger partial charge in [-0.25, -0.2) is 4.79 Å². The largest absolute Gasteiger partial charge is 0.478 e. The monoisotopic (exact) mass is 668 g/mol. The zero-order valence-corrected chi connectivity index (χ0v) is 28.2. The molecule has 2 aromatic rings. The Labute approximate surface area is 283 Å². The summed E-state index contributed by atoms with van der Waals surface area (Å²) in [6.07, 6.45) is 8.65. The Morgan fingerprint density at radius 1 is 0.894 bits per heavy atom. The molecule has 3 fully saturated rings. The van der Waals surface area contributed by atoms with E-state index in [9.17, 15) is 24.3 Å². The van der Waals surface area contributed by atoms with Crippen LogP contribution in [0.3, 0.4) is 0 Å². The fourth-order valence-corrected chi connectivity index (χ4v) is 7.30. The Morgan fingerprint density at radius 3 is 2.13 bits per heavy atom. The predicted octanol–water partition coefficient (Wildman–Crippen LogP) is 4.67. The van der Waals surface area contributed by atoms with Crippen molar-refractivity contribution in [3.8, 4) is 0 Å². The van der Waals surface area contributed by atoms with Crippen LogP contribution in [-0.2, 0) is 22.7 Å². The Kier molecular flexibility index (Phi) is 12.4. The highest BCUT2D eigenvalue weighted by Crippen LogP contribution is 2.37. The molecule has 47 heavy (non-hydrogen) atoms. The quantitative estimate of drug-likeness (QED) is 0.241. The molecule has 3 amide bonds. The van der Waals surface area contributed by atoms with E-state index in [-0.39, 0.29) is 42.1 Å². The Balaban J connectivity index is 0.00000500. The molecule has 256 valence electrons. The van der Waals surface area contributed by atoms with E-state index in [4.69, 9.17) is 5.11 Å². The average molecular weight is 669 g/mol. The molecule has 2 aromatic carbocycles. The number of nitrogens with one attached hydrogen (secondary N) is 2. The lowest BCUT2D eigenvalue weighted by atomic mass is 9.77. The molecule has 0 unspecified atom stereocenters. The van der Waals surface area contributed by atoms with Crippen LogP contribution >= 0.6 is 12.4 Å². The summed E-state index contributed by atoms with van der Waals surface area (Å²) in [5.74, 6) is -1.33. The number of nitrogens with zero attached hydrogens (tertiary/aromatic N) is 2. The highest BCUT2D eigenvalue weighted by Gasteiger charge is 2.54. The van der Waals surface area contributed by atoms with Crippen LogP contribution in [0.4, 0.5) is 0 Å². The summed E-state index contributed by atoms with van der Waals surface area (Å²) >= 11 is 0. The normalized spacial score (nSPS) is 20.7. The summed E-state index contributed by atoms with van der Waals surface area (Å²) in [7, 11) is 0. The second-order valence-electron chi connectivity index (χ2n) is 13.4. The summed E-state index contributed by atoms with van der Waals surface area (Å²) in [6, 6.07) is 13.2. The number of carboxylic acid groups (broad SMARTS) is 1. The molecule has 2 heterocycles. The van der Waals surface area contributed by atoms with Gasteiger partial charge in [0.15, 0.2) is 0 Å². The number of carboxylic acids is 1. The Bertz CT molecular complexity index is 1390. The third-order valence-corrected chi connectivity index (χ3v) is 10.1. The van der Waals surface area contributed by atoms with Gasteiger partial charge in [-0.15, -0.1) is 12.4 Å². The van der Waals surface area contributed by atoms with Crippen LogP contribution in [0.2, 0.25) is 0 Å². The van der Waals surface area contributed by atoms with Crippen molar-refractivity contribution in [3.63, 3.8) is 0 Å². The number of benzene rings is 2. The van der Waals surface area contributed by atoms with Crippen molar-refractivity contribution in [2.75, 3.05) is 19.6 Å². The number of hydrogen-bond donors (Lipinski definition) is 4. The summed E-state index contributed by atoms with van der Waals surface area (Å²) < 4.78 is 0. The summed E-state index contributed by atoms with van der Waals surface area (Å²) in [4.78, 5) is 55.6. The Hall–Kier alpha value is -3.47. The van der Waals surface area contributed by atoms with Gasteiger partial charge in [0.1, 0.15) is 11.6 Å². The maximum Gasteiger partial charge on any atom is 0.335 e. The zero-order chi connectivity index (χ0) is 32.7. The van der Waals surface area contributed by atoms with Gasteiger partial charge in [0.25, 0.3) is 5.91 Å². The average Bonchev–Trinajstić information content (AvgIpc) is 3.06. The first-order valence-corrected chi connectivity index (χ1v) is 16.9. The van der Waals surface area contributed by atoms with Crippen LogP contribution in [0.5, 0.6) is 0 Å². The number of halogens is 1. The number of carbonyl (C=O) groups is 4. The second-order valence-corrected chi connectivity index (χ2v) is 13.4. The van der Waals surface area contributed by atoms with E-state index in [1.807, 2.05) is 17.0 Å². The number of unbranched alkanes of at least 4 members (excludes halogenated alkanes) is 2. The molecule has 1 spiro atoms. The van der Waals surface area contributed by atoms with E-state index >= 15 is 0 Å². The van der Waals surface area contributed by atoms with Gasteiger partial charge in [0, 0.05) is 44.7 Å². The minimum atomic E-state index is -0.988. The van der Waals surface area contributed by atoms with Crippen LogP contribution < -0.4 is 10.6 Å². The lowest BCUT2D eigenvalue weighted by Crippen LogP contribution is -2.73. The van der Waals surface area contributed by atoms with Crippen LogP contribution in [0, 0.1) is 0 Å². The Morgan fingerprint density at radius 2 is 1.51 bits per heavy atom. The number of rotatable bonds is 12. The number of aromatic carboxylic acids is 1. The number of amides is 3. The molecule has 3 aliphatic rings. The van der Waals surface area contributed by atoms with Crippen molar-refractivity contribution in [1.82, 2.24) is 20.4 Å². The number of piperidine rings is 1. The lowest BCUT2D eigenvalue weighted by molar-refractivity contribution is -0.163. The number of aliphatic hydroxyl groups is 1. The molecule has 2 saturated heterocycles. The molecule has 0 aromatic heterocycles. The van der Waals surface area contributed by atoms with Crippen LogP contribution in [0.15, 0.2) is 48.5 Å². The maximum absolute atomic E-state index is 13.9. The van der Waals surface area contributed by atoms with E-state index in [1.54, 1.807) is 24.3 Å². The number of likely N-dealkylation sites (tertiary alicyclic amines) is 1. The smallest absolute Gasteiger partial charge is 0.335 e. The third-order valence-electron chi connectivity index (χ3n) is 10.1. The highest BCUT2D eigenvalue weighted by atomic mass is 35.5. The zero-order valence-electron chi connectivity index (χ0n) is 27.3. The minimum absolute atomic E-state index is 0. The molecule has 1 aliphatic carbocycles. The fourth-order valence-electron chi connectivity index (χ4n) is 7.30. The molecule has 11 heteroatoms. The summed E-state index contributed by atoms with van der Waals surface area (Å²) in [5, 5.41) is 26.2. The van der Waals surface area contributed by atoms with E-state index in [1.165, 1.54) is 12.1 Å². The molecular formula is C36H49ClN4O6. The fraction of sp³-hybridized carbons (Fsp3) is 0.556. The van der Waals surface area contributed by atoms with Gasteiger partial charge in [-0.3, -0.25) is 19.3 Å². The topological polar surface area (TPSA) is 139 Å². The van der Waals surface area contributed by atoms with Crippen molar-refractivity contribution in [3.05, 3.63) is 70.8 Å². The molecule has 1 saturated carbocycles. The van der Waals surface area contributed by atoms with Crippen molar-refractivity contribution < 1.29 is 29.4 Å². The first-order chi connectivity index (χ1) is 22.1. The van der Waals surface area contributed by atoms with E-state index in [0.29, 0.717) is 64.0 Å². The van der Waals surface area contributed by atoms with Gasteiger partial charge < -0.3 is 25.7 Å². The van der Waals surface area contributed by atoms with E-state index < -0.39 is 23.2 Å². The summed E-state index contributed by atoms with van der Waals surface area (Å²) in [6.45, 7) is 5.00. The number of hydrogen-bond acceptors (Lipinski definition) is 6. The first kappa shape index (κ1) is 36.4. The molecule has 5 rings (SSSR count). The minimum Gasteiger partial charge on any atom is -0.478 e. The van der Waals surface area contributed by atoms with Crippen molar-refractivity contribution in [2.45, 2.75) is 108 Å². The standard InChI is InChI=1S/C36H48N4O6.ClH/c1-2-3-7-20-40-32(42)30(23-35(46)16-5-4-6-17-35)38-34(45)36(40)18-21-39(22-19-36)25-27-10-12-28(13-11-27)31(41)37-24-26-8-14-29(15-9-26)33(43)44;/h8-15,30,46H,2-7,16-25H2,1H3,(H,37,41)(H,38,45)(H,43,44);1H/t30-;/m1./s1. The second kappa shape index (κ2) is 16.1. The summed E-state index contributed by atoms with van der Waals surface area (Å²) in [5.41, 5.74) is 0.863. The van der Waals surface area contributed by atoms with Gasteiger partial charge >= 0.3 is 5.97 Å². The van der Waals surface area contributed by atoms with Gasteiger partial charge in [-0.05, 0) is 67.5 Å². The molecule has 1 atom stereocenters. The van der Waals surface area contributed by atoms with E-state index in [2.05, 4.69) is 22.5 Å². The number of carbonyl (C=O) groups excluding carboxylic acids is 3. The van der Waals surface area contributed by atoms with E-state index in [0.717, 1.165) is 49.7 Å². The van der Waals surface area contributed by atoms with Crippen molar-refractivity contribution >= 4 is 36.1 Å². The third kappa shape index (κ3) is 8.72. The van der Waals surface area contributed by atoms with Crippen molar-refractivity contribution in [1.29, 1.82) is 0 Å². The molecule has 4 N–H and O–H groups in total. The predicted molar refractivity (Wildman–Crippen MR) is 181 cm³/mol. The van der Waals surface area contributed by atoms with Gasteiger partial charge in [0.05, 0.1) is 11.2 Å². The van der Waals surface area contributed by atoms with Gasteiger partial charge in [-0.1, -0.05) is 63.3 Å². The van der Waals surface area contributed by atoms with Crippen LogP contribution in [0.1, 0.15) is 109 Å². The molecule has 2 aliphatic heterocycles. The van der Waals surface area contributed by atoms with Crippen molar-refractivity contribution in [2.24, 2.45) is 0 Å². The molecule has 0 radical (unpaired) electrons. The number of piperazine rings is 1. The molecule has 0 bridgehead atoms. The lowest BCUT2D eigenvalue weighted by Gasteiger charge is -2.52. The van der Waals surface area contributed by atoms with Crippen LogP contribution in [-0.4, -0.2) is 80.5 Å². The van der Waals surface area contributed by atoms with Gasteiger partial charge in [0.2, 0.25) is 11.8 Å². The maximum atomic E-state index is 13.9. The van der Waals surface area contributed by atoms with Crippen LogP contribution in [0.25, 0.3) is 0 Å². The molecule has 10 nitrogen and oxygen atoms in total. The van der Waals surface area contributed by atoms with Gasteiger partial charge in [-0.2, -0.15) is 0 Å². The first-order valence-electron chi connectivity index (χ1n) is 16.9. The highest BCUT2D eigenvalue weighted by molar-refractivity contribution is 6.00. The molecular weight excluding hydrogens is 620 g/mol.